The molecule has 2 aliphatic rings. The Labute approximate surface area is 531 Å². The predicted octanol–water partition coefficient (Wildman–Crippen LogP) is 23.4. The summed E-state index contributed by atoms with van der Waals surface area (Å²) in [6.45, 7) is 8.57. The molecule has 0 fully saturated rings. The molecule has 91 heavy (non-hydrogen) atoms. The Balaban J connectivity index is 0.959. The van der Waals surface area contributed by atoms with Crippen LogP contribution in [0.5, 0.6) is 0 Å². The summed E-state index contributed by atoms with van der Waals surface area (Å²) in [6.07, 6.45) is 0. The summed E-state index contributed by atoms with van der Waals surface area (Å²) in [5, 5.41) is 10.9. The van der Waals surface area contributed by atoms with Gasteiger partial charge in [-0.1, -0.05) is 243 Å². The van der Waals surface area contributed by atoms with Gasteiger partial charge < -0.3 is 9.80 Å². The number of rotatable bonds is 12. The lowest BCUT2D eigenvalue weighted by Crippen LogP contribution is -2.26. The maximum absolute atomic E-state index is 10.9. The van der Waals surface area contributed by atoms with Gasteiger partial charge in [0.25, 0.3) is 0 Å². The molecule has 0 bridgehead atoms. The Hall–Kier alpha value is -12.3. The van der Waals surface area contributed by atoms with Crippen LogP contribution in [0.2, 0.25) is 0 Å². The molecule has 0 heterocycles. The van der Waals surface area contributed by atoms with Gasteiger partial charge >= 0.3 is 0 Å². The van der Waals surface area contributed by atoms with Crippen LogP contribution in [0.3, 0.4) is 0 Å². The maximum Gasteiger partial charge on any atom is 0.187 e. The van der Waals surface area contributed by atoms with E-state index < -0.39 is 5.41 Å². The zero-order chi connectivity index (χ0) is 60.8. The van der Waals surface area contributed by atoms with E-state index in [4.69, 9.17) is 6.57 Å². The number of hydrogen-bond acceptors (Lipinski definition) is 3. The quantitative estimate of drug-likeness (QED) is 0.114. The molecule has 0 saturated heterocycles. The summed E-state index contributed by atoms with van der Waals surface area (Å²) in [5.41, 5.74) is 27.8. The van der Waals surface area contributed by atoms with E-state index in [-0.39, 0.29) is 0 Å². The number of benzene rings is 14. The van der Waals surface area contributed by atoms with Gasteiger partial charge in [0.15, 0.2) is 5.69 Å². The van der Waals surface area contributed by atoms with Crippen molar-refractivity contribution in [3.8, 4) is 95.1 Å². The van der Waals surface area contributed by atoms with Crippen molar-refractivity contribution in [1.29, 1.82) is 5.26 Å². The minimum absolute atomic E-state index is 0.548. The summed E-state index contributed by atoms with van der Waals surface area (Å²) >= 11 is 0. The van der Waals surface area contributed by atoms with Crippen LogP contribution >= 0.6 is 0 Å². The standard InChI is InChI=1S/C87H56N4/c1-89-72-37-45-80-79-44-32-59(58-88)48-83(79)87(84(80)55-72)85-56-75(90(73-38-33-66(34-39-73)60-20-8-2-9-21-60)77-51-68(62-24-12-4-13-25-62)49-69(52-77)63-26-14-5-15-27-63)42-46-81(85)82-47-43-76(57-86(82)87)91(74-40-35-67(36-41-74)61-22-10-3-11-23-61)78-53-70(64-28-16-6-17-29-64)50-71(54-78)65-30-18-7-19-31-65/h2-57H. The van der Waals surface area contributed by atoms with E-state index in [1.807, 2.05) is 12.1 Å². The van der Waals surface area contributed by atoms with Crippen molar-refractivity contribution in [2.45, 2.75) is 5.41 Å². The van der Waals surface area contributed by atoms with E-state index in [0.717, 1.165) is 145 Å². The van der Waals surface area contributed by atoms with Gasteiger partial charge in [-0.15, -0.1) is 0 Å². The summed E-state index contributed by atoms with van der Waals surface area (Å²) in [4.78, 5) is 8.94. The second-order valence-corrected chi connectivity index (χ2v) is 23.4. The van der Waals surface area contributed by atoms with Gasteiger partial charge in [-0.05, 0) is 208 Å². The van der Waals surface area contributed by atoms with Crippen LogP contribution in [0.25, 0.3) is 93.9 Å². The zero-order valence-electron chi connectivity index (χ0n) is 49.6. The van der Waals surface area contributed by atoms with Gasteiger partial charge in [0, 0.05) is 34.1 Å². The van der Waals surface area contributed by atoms with Gasteiger partial charge in [-0.25, -0.2) is 4.85 Å². The molecule has 424 valence electrons. The minimum Gasteiger partial charge on any atom is -0.310 e. The monoisotopic (exact) mass is 1160 g/mol. The Morgan fingerprint density at radius 3 is 0.879 bits per heavy atom. The Bertz CT molecular complexity index is 4710. The zero-order valence-corrected chi connectivity index (χ0v) is 49.6. The van der Waals surface area contributed by atoms with Crippen LogP contribution in [0.1, 0.15) is 27.8 Å². The summed E-state index contributed by atoms with van der Waals surface area (Å²) in [7, 11) is 0. The molecule has 14 aromatic rings. The first kappa shape index (κ1) is 54.1. The molecule has 4 heteroatoms. The van der Waals surface area contributed by atoms with E-state index in [2.05, 4.69) is 348 Å². The number of fused-ring (bicyclic) bond motifs is 10. The van der Waals surface area contributed by atoms with Crippen LogP contribution in [0.4, 0.5) is 39.8 Å². The Kier molecular flexibility index (Phi) is 13.5. The van der Waals surface area contributed by atoms with Gasteiger partial charge in [-0.2, -0.15) is 5.26 Å². The highest BCUT2D eigenvalue weighted by atomic mass is 15.1. The first-order chi connectivity index (χ1) is 45.0. The highest BCUT2D eigenvalue weighted by Gasteiger charge is 2.52. The van der Waals surface area contributed by atoms with Crippen LogP contribution in [0.15, 0.2) is 340 Å². The van der Waals surface area contributed by atoms with E-state index in [1.54, 1.807) is 0 Å². The average Bonchev–Trinajstić information content (AvgIpc) is 1.52. The molecule has 0 aromatic heterocycles. The molecule has 2 aliphatic carbocycles. The fraction of sp³-hybridized carbons (Fsp3) is 0.0115. The lowest BCUT2D eigenvalue weighted by atomic mass is 9.70. The first-order valence-corrected chi connectivity index (χ1v) is 30.8. The topological polar surface area (TPSA) is 34.6 Å². The molecule has 0 radical (unpaired) electrons. The summed E-state index contributed by atoms with van der Waals surface area (Å²) in [5.74, 6) is 0. The predicted molar refractivity (Wildman–Crippen MR) is 376 cm³/mol. The van der Waals surface area contributed by atoms with Crippen LogP contribution in [-0.4, -0.2) is 0 Å². The molecule has 4 nitrogen and oxygen atoms in total. The van der Waals surface area contributed by atoms with Gasteiger partial charge in [0.2, 0.25) is 0 Å². The van der Waals surface area contributed by atoms with Crippen LogP contribution < -0.4 is 9.80 Å². The molecule has 0 saturated carbocycles. The molecule has 0 amide bonds. The smallest absolute Gasteiger partial charge is 0.187 e. The largest absolute Gasteiger partial charge is 0.310 e. The molecule has 0 unspecified atom stereocenters. The highest BCUT2D eigenvalue weighted by molar-refractivity contribution is 5.99. The number of nitriles is 1. The lowest BCUT2D eigenvalue weighted by molar-refractivity contribution is 0.793. The van der Waals surface area contributed by atoms with E-state index in [0.29, 0.717) is 11.3 Å². The molecular formula is C87H56N4. The van der Waals surface area contributed by atoms with Crippen molar-refractivity contribution >= 4 is 39.8 Å². The summed E-state index contributed by atoms with van der Waals surface area (Å²) < 4.78 is 0. The number of hydrogen-bond donors (Lipinski definition) is 0. The molecule has 16 rings (SSSR count). The third-order valence-electron chi connectivity index (χ3n) is 18.2. The summed E-state index contributed by atoms with van der Waals surface area (Å²) in [6, 6.07) is 124. The Morgan fingerprint density at radius 2 is 0.538 bits per heavy atom. The maximum atomic E-state index is 10.9. The van der Waals surface area contributed by atoms with E-state index in [9.17, 15) is 5.26 Å². The fourth-order valence-corrected chi connectivity index (χ4v) is 14.0. The second kappa shape index (κ2) is 22.7. The third-order valence-corrected chi connectivity index (χ3v) is 18.2. The minimum atomic E-state index is -0.997. The molecular weight excluding hydrogens is 1100 g/mol. The van der Waals surface area contributed by atoms with Crippen molar-refractivity contribution < 1.29 is 0 Å². The lowest BCUT2D eigenvalue weighted by Gasteiger charge is -2.34. The van der Waals surface area contributed by atoms with Crippen LogP contribution in [-0.2, 0) is 5.41 Å². The molecule has 0 atom stereocenters. The van der Waals surface area contributed by atoms with Crippen molar-refractivity contribution in [3.63, 3.8) is 0 Å². The molecule has 1 spiro atoms. The normalized spacial score (nSPS) is 12.0. The van der Waals surface area contributed by atoms with E-state index in [1.165, 1.54) is 0 Å². The third kappa shape index (κ3) is 9.56. The molecule has 14 aromatic carbocycles. The van der Waals surface area contributed by atoms with Gasteiger partial charge in [-0.3, -0.25) is 0 Å². The van der Waals surface area contributed by atoms with Gasteiger partial charge in [0.1, 0.15) is 0 Å². The molecule has 0 N–H and O–H groups in total. The average molecular weight is 1160 g/mol. The van der Waals surface area contributed by atoms with Crippen LogP contribution in [0, 0.1) is 17.9 Å². The second-order valence-electron chi connectivity index (χ2n) is 23.4. The molecule has 0 aliphatic heterocycles. The Morgan fingerprint density at radius 1 is 0.253 bits per heavy atom. The van der Waals surface area contributed by atoms with Crippen molar-refractivity contribution in [3.05, 3.63) is 379 Å². The number of anilines is 6. The fourth-order valence-electron chi connectivity index (χ4n) is 14.0. The van der Waals surface area contributed by atoms with Crippen molar-refractivity contribution in [2.75, 3.05) is 9.80 Å². The highest BCUT2D eigenvalue weighted by Crippen LogP contribution is 2.65. The van der Waals surface area contributed by atoms with E-state index >= 15 is 0 Å². The van der Waals surface area contributed by atoms with Crippen molar-refractivity contribution in [1.82, 2.24) is 0 Å². The van der Waals surface area contributed by atoms with Gasteiger partial charge in [0.05, 0.1) is 23.6 Å². The SMILES string of the molecule is [C-]#[N+]c1ccc2c(c1)C1(c3cc(C#N)ccc3-2)c2cc(N(c3ccc(-c4ccccc4)cc3)c3cc(-c4ccccc4)cc(-c4ccccc4)c3)ccc2-c2ccc(N(c3ccc(-c4ccccc4)cc3)c3cc(-c4ccccc4)cc(-c4ccccc4)c3)cc21. The van der Waals surface area contributed by atoms with Crippen molar-refractivity contribution in [2.24, 2.45) is 0 Å². The first-order valence-electron chi connectivity index (χ1n) is 30.8. The number of nitrogens with zero attached hydrogens (tertiary/aromatic N) is 4.